The summed E-state index contributed by atoms with van der Waals surface area (Å²) in [6.45, 7) is 4.05. The molecule has 2 aromatic rings. The summed E-state index contributed by atoms with van der Waals surface area (Å²) < 4.78 is 26.6. The van der Waals surface area contributed by atoms with E-state index in [4.69, 9.17) is 0 Å². The molecule has 0 spiro atoms. The van der Waals surface area contributed by atoms with Crippen molar-refractivity contribution in [1.29, 1.82) is 0 Å². The second-order valence-electron chi connectivity index (χ2n) is 5.14. The van der Waals surface area contributed by atoms with Gasteiger partial charge in [0.2, 0.25) is 10.0 Å². The van der Waals surface area contributed by atoms with Gasteiger partial charge in [0, 0.05) is 17.8 Å². The number of nitrogens with zero attached hydrogens (tertiary/aromatic N) is 1. The van der Waals surface area contributed by atoms with Crippen molar-refractivity contribution in [2.75, 3.05) is 5.75 Å². The van der Waals surface area contributed by atoms with Crippen LogP contribution >= 0.6 is 0 Å². The van der Waals surface area contributed by atoms with Crippen LogP contribution in [0, 0.1) is 13.8 Å². The third-order valence-electron chi connectivity index (χ3n) is 3.47. The molecule has 114 valence electrons. The van der Waals surface area contributed by atoms with Crippen molar-refractivity contribution in [3.05, 3.63) is 52.8 Å². The molecule has 2 N–H and O–H groups in total. The summed E-state index contributed by atoms with van der Waals surface area (Å²) in [5, 5.41) is 6.91. The number of hydrogen-bond donors (Lipinski definition) is 2. The molecule has 1 heterocycles. The van der Waals surface area contributed by atoms with Crippen molar-refractivity contribution in [3.63, 3.8) is 0 Å². The van der Waals surface area contributed by atoms with Gasteiger partial charge in [0.05, 0.1) is 11.4 Å². The van der Waals surface area contributed by atoms with Crippen LogP contribution < -0.4 is 4.72 Å². The molecule has 0 bridgehead atoms. The van der Waals surface area contributed by atoms with Crippen molar-refractivity contribution < 1.29 is 8.42 Å². The van der Waals surface area contributed by atoms with Crippen LogP contribution in [0.15, 0.2) is 30.3 Å². The Bertz CT molecular complexity index is 659. The average Bonchev–Trinajstić information content (AvgIpc) is 2.77. The van der Waals surface area contributed by atoms with E-state index in [0.29, 0.717) is 13.0 Å². The van der Waals surface area contributed by atoms with E-state index >= 15 is 0 Å². The van der Waals surface area contributed by atoms with Crippen molar-refractivity contribution in [2.45, 2.75) is 33.2 Å². The van der Waals surface area contributed by atoms with Crippen molar-refractivity contribution in [3.8, 4) is 0 Å². The quantitative estimate of drug-likeness (QED) is 0.822. The highest BCUT2D eigenvalue weighted by molar-refractivity contribution is 7.89. The number of aromatic nitrogens is 2. The molecular weight excluding hydrogens is 286 g/mol. The van der Waals surface area contributed by atoms with E-state index in [1.807, 2.05) is 44.2 Å². The largest absolute Gasteiger partial charge is 0.282 e. The maximum Gasteiger partial charge on any atom is 0.211 e. The summed E-state index contributed by atoms with van der Waals surface area (Å²) in [5.41, 5.74) is 3.81. The van der Waals surface area contributed by atoms with E-state index < -0.39 is 10.0 Å². The third kappa shape index (κ3) is 4.68. The average molecular weight is 307 g/mol. The van der Waals surface area contributed by atoms with Crippen LogP contribution in [0.3, 0.4) is 0 Å². The summed E-state index contributed by atoms with van der Waals surface area (Å²) in [4.78, 5) is 0. The summed E-state index contributed by atoms with van der Waals surface area (Å²) in [6.07, 6.45) is 1.38. The number of rotatable bonds is 7. The minimum Gasteiger partial charge on any atom is -0.282 e. The van der Waals surface area contributed by atoms with Gasteiger partial charge < -0.3 is 0 Å². The summed E-state index contributed by atoms with van der Waals surface area (Å²) in [6, 6.07) is 9.91. The molecule has 0 saturated heterocycles. The zero-order valence-corrected chi connectivity index (χ0v) is 13.2. The number of aromatic amines is 1. The topological polar surface area (TPSA) is 74.8 Å². The highest BCUT2D eigenvalue weighted by Gasteiger charge is 2.13. The number of nitrogens with one attached hydrogen (secondary N) is 2. The van der Waals surface area contributed by atoms with Gasteiger partial charge in [-0.3, -0.25) is 5.10 Å². The van der Waals surface area contributed by atoms with Gasteiger partial charge in [-0.25, -0.2) is 13.1 Å². The fourth-order valence-electron chi connectivity index (χ4n) is 2.20. The molecule has 21 heavy (non-hydrogen) atoms. The molecular formula is C15H21N3O2S. The van der Waals surface area contributed by atoms with Gasteiger partial charge in [-0.15, -0.1) is 0 Å². The Kier molecular flexibility index (Phi) is 5.14. The fraction of sp³-hybridized carbons (Fsp3) is 0.400. The maximum atomic E-state index is 12.0. The van der Waals surface area contributed by atoms with Crippen molar-refractivity contribution in [1.82, 2.24) is 14.9 Å². The molecule has 0 radical (unpaired) electrons. The molecule has 0 amide bonds. The first-order valence-corrected chi connectivity index (χ1v) is 8.65. The van der Waals surface area contributed by atoms with Crippen LogP contribution in [0.1, 0.15) is 28.9 Å². The predicted molar refractivity (Wildman–Crippen MR) is 83.5 cm³/mol. The first-order valence-electron chi connectivity index (χ1n) is 6.99. The van der Waals surface area contributed by atoms with Gasteiger partial charge in [0.25, 0.3) is 0 Å². The van der Waals surface area contributed by atoms with Crippen LogP contribution in [-0.2, 0) is 23.0 Å². The van der Waals surface area contributed by atoms with Gasteiger partial charge in [-0.2, -0.15) is 5.10 Å². The Morgan fingerprint density at radius 2 is 1.90 bits per heavy atom. The highest BCUT2D eigenvalue weighted by atomic mass is 32.2. The zero-order chi connectivity index (χ0) is 15.3. The van der Waals surface area contributed by atoms with Crippen LogP contribution in [0.2, 0.25) is 0 Å². The molecule has 0 fully saturated rings. The molecule has 0 unspecified atom stereocenters. The Morgan fingerprint density at radius 1 is 1.19 bits per heavy atom. The number of benzene rings is 1. The van der Waals surface area contributed by atoms with Crippen LogP contribution in [0.4, 0.5) is 0 Å². The molecule has 2 rings (SSSR count). The Morgan fingerprint density at radius 3 is 2.52 bits per heavy atom. The lowest BCUT2D eigenvalue weighted by Gasteiger charge is -2.07. The van der Waals surface area contributed by atoms with E-state index in [0.717, 1.165) is 28.9 Å². The van der Waals surface area contributed by atoms with E-state index in [2.05, 4.69) is 14.9 Å². The lowest BCUT2D eigenvalue weighted by molar-refractivity contribution is 0.578. The molecule has 6 heteroatoms. The second-order valence-corrected chi connectivity index (χ2v) is 7.07. The Hall–Kier alpha value is -1.66. The lowest BCUT2D eigenvalue weighted by Crippen LogP contribution is -2.26. The molecule has 0 aliphatic carbocycles. The molecule has 1 aromatic carbocycles. The monoisotopic (exact) mass is 307 g/mol. The lowest BCUT2D eigenvalue weighted by atomic mass is 10.1. The van der Waals surface area contributed by atoms with Gasteiger partial charge in [-0.05, 0) is 32.3 Å². The van der Waals surface area contributed by atoms with Crippen molar-refractivity contribution in [2.24, 2.45) is 0 Å². The molecule has 0 atom stereocenters. The van der Waals surface area contributed by atoms with Crippen LogP contribution in [-0.4, -0.2) is 24.4 Å². The van der Waals surface area contributed by atoms with Gasteiger partial charge in [0.15, 0.2) is 0 Å². The minimum atomic E-state index is -3.25. The Balaban J connectivity index is 1.82. The zero-order valence-electron chi connectivity index (χ0n) is 12.4. The smallest absolute Gasteiger partial charge is 0.211 e. The first kappa shape index (κ1) is 15.7. The second kappa shape index (κ2) is 6.87. The molecule has 0 aliphatic heterocycles. The highest BCUT2D eigenvalue weighted by Crippen LogP contribution is 2.09. The van der Waals surface area contributed by atoms with E-state index in [-0.39, 0.29) is 5.75 Å². The minimum absolute atomic E-state index is 0.137. The number of H-pyrrole nitrogens is 1. The molecule has 0 aliphatic rings. The summed E-state index contributed by atoms with van der Waals surface area (Å²) in [7, 11) is -3.25. The number of sulfonamides is 1. The SMILES string of the molecule is Cc1n[nH]c(C)c1CNS(=O)(=O)CCCc1ccccc1. The fourth-order valence-corrected chi connectivity index (χ4v) is 3.23. The van der Waals surface area contributed by atoms with Gasteiger partial charge >= 0.3 is 0 Å². The molecule has 1 aromatic heterocycles. The van der Waals surface area contributed by atoms with E-state index in [1.165, 1.54) is 0 Å². The van der Waals surface area contributed by atoms with Gasteiger partial charge in [-0.1, -0.05) is 30.3 Å². The predicted octanol–water partition coefficient (Wildman–Crippen LogP) is 2.08. The third-order valence-corrected chi connectivity index (χ3v) is 4.88. The van der Waals surface area contributed by atoms with Crippen LogP contribution in [0.25, 0.3) is 0 Å². The van der Waals surface area contributed by atoms with E-state index in [9.17, 15) is 8.42 Å². The Labute approximate surface area is 125 Å². The summed E-state index contributed by atoms with van der Waals surface area (Å²) >= 11 is 0. The first-order chi connectivity index (χ1) is 9.98. The number of hydrogen-bond acceptors (Lipinski definition) is 3. The van der Waals surface area contributed by atoms with E-state index in [1.54, 1.807) is 0 Å². The maximum absolute atomic E-state index is 12.0. The molecule has 0 saturated carbocycles. The van der Waals surface area contributed by atoms with Crippen molar-refractivity contribution >= 4 is 10.0 Å². The molecule has 5 nitrogen and oxygen atoms in total. The summed E-state index contributed by atoms with van der Waals surface area (Å²) in [5.74, 6) is 0.137. The standard InChI is InChI=1S/C15H21N3O2S/c1-12-15(13(2)18-17-12)11-16-21(19,20)10-6-9-14-7-4-3-5-8-14/h3-5,7-8,16H,6,9-11H2,1-2H3,(H,17,18). The number of aryl methyl sites for hydroxylation is 3. The van der Waals surface area contributed by atoms with Crippen LogP contribution in [0.5, 0.6) is 0 Å². The normalized spacial score (nSPS) is 11.7. The van der Waals surface area contributed by atoms with Gasteiger partial charge in [0.1, 0.15) is 0 Å².